The number of carbonyl (C=O) groups is 2. The molecule has 0 aromatic rings. The third kappa shape index (κ3) is 1.77. The number of methoxy groups -OCH3 is 1. The van der Waals surface area contributed by atoms with Crippen LogP contribution >= 0.6 is 0 Å². The van der Waals surface area contributed by atoms with Crippen LogP contribution < -0.4 is 5.32 Å². The van der Waals surface area contributed by atoms with E-state index in [1.54, 1.807) is 13.8 Å². The highest BCUT2D eigenvalue weighted by molar-refractivity contribution is 6.01. The highest BCUT2D eigenvalue weighted by Crippen LogP contribution is 2.18. The Morgan fingerprint density at radius 2 is 2.00 bits per heavy atom. The van der Waals surface area contributed by atoms with Gasteiger partial charge in [-0.3, -0.25) is 4.79 Å². The fourth-order valence-electron chi connectivity index (χ4n) is 1.00. The van der Waals surface area contributed by atoms with E-state index < -0.39 is 5.97 Å². The Balaban J connectivity index is 2.94. The summed E-state index contributed by atoms with van der Waals surface area (Å²) < 4.78 is 4.44. The van der Waals surface area contributed by atoms with Gasteiger partial charge in [-0.25, -0.2) is 4.79 Å². The van der Waals surface area contributed by atoms with Gasteiger partial charge < -0.3 is 10.1 Å². The molecule has 0 fully saturated rings. The van der Waals surface area contributed by atoms with Crippen molar-refractivity contribution in [2.24, 2.45) is 0 Å². The number of hydrogen-bond acceptors (Lipinski definition) is 3. The summed E-state index contributed by atoms with van der Waals surface area (Å²) in [6, 6.07) is 0. The van der Waals surface area contributed by atoms with Crippen molar-refractivity contribution in [2.75, 3.05) is 7.11 Å². The Hall–Kier alpha value is -1.58. The number of ether oxygens (including phenoxy) is 1. The molecule has 0 atom stereocenters. The third-order valence-corrected chi connectivity index (χ3v) is 2.02. The normalized spacial score (nSPS) is 19.3. The van der Waals surface area contributed by atoms with Crippen LogP contribution in [0.4, 0.5) is 0 Å². The fourth-order valence-corrected chi connectivity index (χ4v) is 1.00. The molecule has 1 rings (SSSR count). The van der Waals surface area contributed by atoms with Gasteiger partial charge in [-0.15, -0.1) is 0 Å². The van der Waals surface area contributed by atoms with Crippen LogP contribution in [0, 0.1) is 0 Å². The standard InChI is InChI=1S/C9H11NO3/c1-5-6(2)9(12)10-7(5)4-8(11)13-3/h4H,1-3H3,(H,10,12)/b7-4+. The van der Waals surface area contributed by atoms with Gasteiger partial charge >= 0.3 is 5.97 Å². The minimum atomic E-state index is -0.468. The molecule has 1 aliphatic heterocycles. The van der Waals surface area contributed by atoms with Gasteiger partial charge in [0.2, 0.25) is 0 Å². The van der Waals surface area contributed by atoms with Gasteiger partial charge in [-0.2, -0.15) is 0 Å². The molecule has 0 aromatic heterocycles. The maximum Gasteiger partial charge on any atom is 0.332 e. The van der Waals surface area contributed by atoms with E-state index in [-0.39, 0.29) is 5.91 Å². The molecule has 13 heavy (non-hydrogen) atoms. The number of allylic oxidation sites excluding steroid dienone is 1. The molecule has 70 valence electrons. The largest absolute Gasteiger partial charge is 0.466 e. The number of hydrogen-bond donors (Lipinski definition) is 1. The van der Waals surface area contributed by atoms with Crippen LogP contribution in [0.3, 0.4) is 0 Å². The van der Waals surface area contributed by atoms with Gasteiger partial charge in [0.15, 0.2) is 0 Å². The fraction of sp³-hybridized carbons (Fsp3) is 0.333. The molecule has 0 bridgehead atoms. The molecule has 0 aliphatic carbocycles. The second-order valence-electron chi connectivity index (χ2n) is 2.79. The first-order valence-corrected chi connectivity index (χ1v) is 3.85. The van der Waals surface area contributed by atoms with Crippen LogP contribution in [-0.4, -0.2) is 19.0 Å². The molecular weight excluding hydrogens is 170 g/mol. The molecule has 0 saturated carbocycles. The molecule has 0 spiro atoms. The molecule has 0 aromatic carbocycles. The lowest BCUT2D eigenvalue weighted by Crippen LogP contribution is -2.16. The molecular formula is C9H11NO3. The molecule has 1 heterocycles. The monoisotopic (exact) mass is 181 g/mol. The van der Waals surface area contributed by atoms with Crippen molar-refractivity contribution in [3.8, 4) is 0 Å². The number of carbonyl (C=O) groups excluding carboxylic acids is 2. The highest BCUT2D eigenvalue weighted by atomic mass is 16.5. The molecule has 0 saturated heterocycles. The highest BCUT2D eigenvalue weighted by Gasteiger charge is 2.20. The van der Waals surface area contributed by atoms with E-state index in [9.17, 15) is 9.59 Å². The van der Waals surface area contributed by atoms with E-state index in [4.69, 9.17) is 0 Å². The van der Waals surface area contributed by atoms with Crippen LogP contribution in [0.5, 0.6) is 0 Å². The molecule has 1 N–H and O–H groups in total. The summed E-state index contributed by atoms with van der Waals surface area (Å²) in [5, 5.41) is 2.57. The zero-order chi connectivity index (χ0) is 10.0. The zero-order valence-corrected chi connectivity index (χ0v) is 7.80. The molecule has 4 nitrogen and oxygen atoms in total. The molecule has 0 unspecified atom stereocenters. The van der Waals surface area contributed by atoms with Gasteiger partial charge in [0.05, 0.1) is 12.8 Å². The van der Waals surface area contributed by atoms with E-state index in [1.807, 2.05) is 0 Å². The quantitative estimate of drug-likeness (QED) is 0.473. The Morgan fingerprint density at radius 1 is 1.38 bits per heavy atom. The molecule has 1 amide bonds. The second-order valence-corrected chi connectivity index (χ2v) is 2.79. The summed E-state index contributed by atoms with van der Waals surface area (Å²) in [7, 11) is 1.29. The summed E-state index contributed by atoms with van der Waals surface area (Å²) in [5.74, 6) is -0.628. The average molecular weight is 181 g/mol. The molecule has 1 aliphatic rings. The number of esters is 1. The SMILES string of the molecule is COC(=O)/C=C1/NC(=O)C(C)=C1C. The van der Waals surface area contributed by atoms with E-state index >= 15 is 0 Å². The Kier molecular flexibility index (Phi) is 2.51. The minimum absolute atomic E-state index is 0.160. The summed E-state index contributed by atoms with van der Waals surface area (Å²) in [6.45, 7) is 3.49. The predicted molar refractivity (Wildman–Crippen MR) is 46.6 cm³/mol. The number of amides is 1. The van der Waals surface area contributed by atoms with Crippen LogP contribution in [0.1, 0.15) is 13.8 Å². The van der Waals surface area contributed by atoms with Gasteiger partial charge in [0.1, 0.15) is 0 Å². The molecule has 0 radical (unpaired) electrons. The van der Waals surface area contributed by atoms with Crippen LogP contribution in [0.15, 0.2) is 22.9 Å². The summed E-state index contributed by atoms with van der Waals surface area (Å²) in [6.07, 6.45) is 1.27. The van der Waals surface area contributed by atoms with E-state index in [1.165, 1.54) is 13.2 Å². The van der Waals surface area contributed by atoms with Gasteiger partial charge in [0, 0.05) is 11.6 Å². The van der Waals surface area contributed by atoms with E-state index in [2.05, 4.69) is 10.1 Å². The minimum Gasteiger partial charge on any atom is -0.466 e. The maximum absolute atomic E-state index is 11.1. The first-order valence-electron chi connectivity index (χ1n) is 3.85. The van der Waals surface area contributed by atoms with Crippen molar-refractivity contribution in [1.29, 1.82) is 0 Å². The Labute approximate surface area is 76.3 Å². The lowest BCUT2D eigenvalue weighted by atomic mass is 10.1. The van der Waals surface area contributed by atoms with Crippen LogP contribution in [0.25, 0.3) is 0 Å². The zero-order valence-electron chi connectivity index (χ0n) is 7.80. The van der Waals surface area contributed by atoms with Crippen molar-refractivity contribution in [3.63, 3.8) is 0 Å². The van der Waals surface area contributed by atoms with Crippen molar-refractivity contribution < 1.29 is 14.3 Å². The van der Waals surface area contributed by atoms with Crippen molar-refractivity contribution in [1.82, 2.24) is 5.32 Å². The lowest BCUT2D eigenvalue weighted by molar-refractivity contribution is -0.134. The number of nitrogens with one attached hydrogen (secondary N) is 1. The van der Waals surface area contributed by atoms with Gasteiger partial charge in [-0.1, -0.05) is 0 Å². The predicted octanol–water partition coefficient (Wildman–Crippen LogP) is 0.509. The van der Waals surface area contributed by atoms with Gasteiger partial charge in [-0.05, 0) is 19.4 Å². The topological polar surface area (TPSA) is 55.4 Å². The Morgan fingerprint density at radius 3 is 2.38 bits per heavy atom. The summed E-state index contributed by atoms with van der Waals surface area (Å²) in [4.78, 5) is 22.0. The van der Waals surface area contributed by atoms with Crippen molar-refractivity contribution in [2.45, 2.75) is 13.8 Å². The van der Waals surface area contributed by atoms with Crippen LogP contribution in [-0.2, 0) is 14.3 Å². The summed E-state index contributed by atoms with van der Waals surface area (Å²) in [5.41, 5.74) is 1.94. The molecule has 4 heteroatoms. The summed E-state index contributed by atoms with van der Waals surface area (Å²) >= 11 is 0. The van der Waals surface area contributed by atoms with Crippen LogP contribution in [0.2, 0.25) is 0 Å². The maximum atomic E-state index is 11.1. The Bertz CT molecular complexity index is 326. The average Bonchev–Trinajstić information content (AvgIpc) is 2.34. The van der Waals surface area contributed by atoms with Gasteiger partial charge in [0.25, 0.3) is 5.91 Å². The second kappa shape index (κ2) is 3.43. The smallest absolute Gasteiger partial charge is 0.332 e. The first kappa shape index (κ1) is 9.51. The first-order chi connectivity index (χ1) is 6.06. The van der Waals surface area contributed by atoms with Crippen molar-refractivity contribution >= 4 is 11.9 Å². The van der Waals surface area contributed by atoms with E-state index in [0.29, 0.717) is 11.3 Å². The van der Waals surface area contributed by atoms with E-state index in [0.717, 1.165) is 5.57 Å². The lowest BCUT2D eigenvalue weighted by Gasteiger charge is -1.98. The third-order valence-electron chi connectivity index (χ3n) is 2.02. The number of rotatable bonds is 1. The van der Waals surface area contributed by atoms with Crippen molar-refractivity contribution in [3.05, 3.63) is 22.9 Å².